The minimum Gasteiger partial charge on any atom is -0.368 e. The minimum absolute atomic E-state index is 0.0516. The van der Waals surface area contributed by atoms with Gasteiger partial charge < -0.3 is 16.0 Å². The Morgan fingerprint density at radius 2 is 2.29 bits per heavy atom. The van der Waals surface area contributed by atoms with E-state index < -0.39 is 5.91 Å². The van der Waals surface area contributed by atoms with Gasteiger partial charge in [-0.15, -0.1) is 0 Å². The van der Waals surface area contributed by atoms with Gasteiger partial charge in [0.2, 0.25) is 17.7 Å². The van der Waals surface area contributed by atoms with Crippen LogP contribution in [-0.2, 0) is 14.4 Å². The van der Waals surface area contributed by atoms with Crippen LogP contribution < -0.4 is 11.1 Å². The third-order valence-corrected chi connectivity index (χ3v) is 2.15. The van der Waals surface area contributed by atoms with Crippen molar-refractivity contribution < 1.29 is 14.4 Å². The molecule has 1 atom stereocenters. The summed E-state index contributed by atoms with van der Waals surface area (Å²) in [7, 11) is 1.64. The Labute approximate surface area is 81.4 Å². The Kier molecular flexibility index (Phi) is 3.06. The Balaban J connectivity index is 2.39. The van der Waals surface area contributed by atoms with Crippen molar-refractivity contribution in [2.24, 2.45) is 11.7 Å². The highest BCUT2D eigenvalue weighted by Crippen LogP contribution is 2.15. The molecule has 0 aromatic heterocycles. The van der Waals surface area contributed by atoms with Crippen LogP contribution in [0.25, 0.3) is 0 Å². The number of rotatable bonds is 3. The number of amides is 3. The zero-order valence-corrected chi connectivity index (χ0v) is 7.95. The summed E-state index contributed by atoms with van der Waals surface area (Å²) in [6.45, 7) is 0.233. The molecule has 0 spiro atoms. The van der Waals surface area contributed by atoms with Gasteiger partial charge in [0.1, 0.15) is 0 Å². The van der Waals surface area contributed by atoms with Gasteiger partial charge in [-0.05, 0) is 0 Å². The molecule has 3 amide bonds. The summed E-state index contributed by atoms with van der Waals surface area (Å²) in [5.74, 6) is -1.28. The monoisotopic (exact) mass is 199 g/mol. The molecule has 6 nitrogen and oxygen atoms in total. The predicted octanol–water partition coefficient (Wildman–Crippen LogP) is -1.93. The SMILES string of the molecule is CN1CC(C(=O)NCC(N)=O)CC1=O. The average Bonchev–Trinajstić information content (AvgIpc) is 2.43. The molecule has 78 valence electrons. The summed E-state index contributed by atoms with van der Waals surface area (Å²) in [5, 5.41) is 2.37. The Bertz CT molecular complexity index is 277. The van der Waals surface area contributed by atoms with Crippen LogP contribution in [0.1, 0.15) is 6.42 Å². The Morgan fingerprint density at radius 3 is 2.71 bits per heavy atom. The van der Waals surface area contributed by atoms with Crippen LogP contribution >= 0.6 is 0 Å². The van der Waals surface area contributed by atoms with Crippen LogP contribution in [-0.4, -0.2) is 42.8 Å². The number of hydrogen-bond acceptors (Lipinski definition) is 3. The molecule has 1 heterocycles. The van der Waals surface area contributed by atoms with E-state index in [9.17, 15) is 14.4 Å². The van der Waals surface area contributed by atoms with Gasteiger partial charge in [-0.1, -0.05) is 0 Å². The molecule has 6 heteroatoms. The normalized spacial score (nSPS) is 21.1. The van der Waals surface area contributed by atoms with Crippen molar-refractivity contribution in [2.45, 2.75) is 6.42 Å². The van der Waals surface area contributed by atoms with E-state index in [2.05, 4.69) is 5.32 Å². The fourth-order valence-electron chi connectivity index (χ4n) is 1.36. The molecule has 0 aromatic rings. The molecule has 1 saturated heterocycles. The molecule has 1 fully saturated rings. The zero-order chi connectivity index (χ0) is 10.7. The van der Waals surface area contributed by atoms with Crippen molar-refractivity contribution in [3.05, 3.63) is 0 Å². The highest BCUT2D eigenvalue weighted by Gasteiger charge is 2.31. The maximum atomic E-state index is 11.3. The molecule has 0 bridgehead atoms. The first kappa shape index (κ1) is 10.5. The lowest BCUT2D eigenvalue weighted by Gasteiger charge is -2.09. The minimum atomic E-state index is -0.587. The second-order valence-corrected chi connectivity index (χ2v) is 3.36. The maximum Gasteiger partial charge on any atom is 0.236 e. The summed E-state index contributed by atoms with van der Waals surface area (Å²) < 4.78 is 0. The molecule has 1 unspecified atom stereocenters. The quantitative estimate of drug-likeness (QED) is 0.554. The lowest BCUT2D eigenvalue weighted by molar-refractivity contribution is -0.129. The van der Waals surface area contributed by atoms with Crippen molar-refractivity contribution in [2.75, 3.05) is 20.1 Å². The van der Waals surface area contributed by atoms with Crippen LogP contribution in [0.5, 0.6) is 0 Å². The lowest BCUT2D eigenvalue weighted by Crippen LogP contribution is -2.37. The van der Waals surface area contributed by atoms with Gasteiger partial charge in [0.25, 0.3) is 0 Å². The Hall–Kier alpha value is -1.59. The molecule has 14 heavy (non-hydrogen) atoms. The summed E-state index contributed by atoms with van der Waals surface area (Å²) in [6.07, 6.45) is 0.209. The van der Waals surface area contributed by atoms with E-state index in [4.69, 9.17) is 5.73 Å². The van der Waals surface area contributed by atoms with Crippen molar-refractivity contribution in [3.8, 4) is 0 Å². The molecular formula is C8H13N3O3. The lowest BCUT2D eigenvalue weighted by atomic mass is 10.1. The van der Waals surface area contributed by atoms with Crippen LogP contribution in [0.4, 0.5) is 0 Å². The van der Waals surface area contributed by atoms with Gasteiger partial charge in [0.15, 0.2) is 0 Å². The number of nitrogens with one attached hydrogen (secondary N) is 1. The van der Waals surface area contributed by atoms with Crippen LogP contribution in [0.2, 0.25) is 0 Å². The van der Waals surface area contributed by atoms with E-state index in [-0.39, 0.29) is 30.7 Å². The van der Waals surface area contributed by atoms with Gasteiger partial charge >= 0.3 is 0 Å². The van der Waals surface area contributed by atoms with Crippen molar-refractivity contribution in [3.63, 3.8) is 0 Å². The Morgan fingerprint density at radius 1 is 1.64 bits per heavy atom. The van der Waals surface area contributed by atoms with E-state index in [0.717, 1.165) is 0 Å². The molecule has 0 aromatic carbocycles. The topological polar surface area (TPSA) is 92.5 Å². The zero-order valence-electron chi connectivity index (χ0n) is 7.95. The molecule has 1 aliphatic rings. The summed E-state index contributed by atoms with van der Waals surface area (Å²) >= 11 is 0. The van der Waals surface area contributed by atoms with Crippen molar-refractivity contribution in [1.29, 1.82) is 0 Å². The number of likely N-dealkylation sites (tertiary alicyclic amines) is 1. The third-order valence-electron chi connectivity index (χ3n) is 2.15. The fourth-order valence-corrected chi connectivity index (χ4v) is 1.36. The first-order valence-corrected chi connectivity index (χ1v) is 4.30. The van der Waals surface area contributed by atoms with Gasteiger partial charge in [-0.25, -0.2) is 0 Å². The summed E-state index contributed by atoms with van der Waals surface area (Å²) in [5.41, 5.74) is 4.86. The highest BCUT2D eigenvalue weighted by molar-refractivity contribution is 5.90. The van der Waals surface area contributed by atoms with E-state index >= 15 is 0 Å². The fraction of sp³-hybridized carbons (Fsp3) is 0.625. The number of nitrogens with two attached hydrogens (primary N) is 1. The first-order valence-electron chi connectivity index (χ1n) is 4.30. The second-order valence-electron chi connectivity index (χ2n) is 3.36. The van der Waals surface area contributed by atoms with E-state index in [1.54, 1.807) is 7.05 Å². The first-order chi connectivity index (χ1) is 6.50. The van der Waals surface area contributed by atoms with Crippen LogP contribution in [0.15, 0.2) is 0 Å². The van der Waals surface area contributed by atoms with E-state index in [0.29, 0.717) is 6.54 Å². The van der Waals surface area contributed by atoms with Gasteiger partial charge in [0.05, 0.1) is 12.5 Å². The number of primary amides is 1. The smallest absolute Gasteiger partial charge is 0.236 e. The van der Waals surface area contributed by atoms with Gasteiger partial charge in [-0.3, -0.25) is 14.4 Å². The largest absolute Gasteiger partial charge is 0.368 e. The molecule has 0 aliphatic carbocycles. The molecular weight excluding hydrogens is 186 g/mol. The summed E-state index contributed by atoms with van der Waals surface area (Å²) in [4.78, 5) is 34.3. The third kappa shape index (κ3) is 2.45. The van der Waals surface area contributed by atoms with Crippen molar-refractivity contribution in [1.82, 2.24) is 10.2 Å². The molecule has 3 N–H and O–H groups in total. The van der Waals surface area contributed by atoms with Crippen molar-refractivity contribution >= 4 is 17.7 Å². The standard InChI is InChI=1S/C8H13N3O3/c1-11-4-5(2-7(11)13)8(14)10-3-6(9)12/h5H,2-4H2,1H3,(H2,9,12)(H,10,14). The van der Waals surface area contributed by atoms with Gasteiger partial charge in [-0.2, -0.15) is 0 Å². The number of nitrogens with zero attached hydrogens (tertiary/aromatic N) is 1. The number of carbonyl (C=O) groups is 3. The second kappa shape index (κ2) is 4.08. The van der Waals surface area contributed by atoms with E-state index in [1.165, 1.54) is 4.90 Å². The average molecular weight is 199 g/mol. The number of hydrogen-bond donors (Lipinski definition) is 2. The predicted molar refractivity (Wildman–Crippen MR) is 47.9 cm³/mol. The van der Waals surface area contributed by atoms with Gasteiger partial charge in [0, 0.05) is 20.0 Å². The highest BCUT2D eigenvalue weighted by atomic mass is 16.2. The molecule has 0 radical (unpaired) electrons. The molecule has 0 saturated carbocycles. The maximum absolute atomic E-state index is 11.3. The van der Waals surface area contributed by atoms with E-state index in [1.807, 2.05) is 0 Å². The molecule has 1 rings (SSSR count). The number of carbonyl (C=O) groups excluding carboxylic acids is 3. The molecule has 1 aliphatic heterocycles. The summed E-state index contributed by atoms with van der Waals surface area (Å²) in [6, 6.07) is 0. The van der Waals surface area contributed by atoms with Crippen LogP contribution in [0, 0.1) is 5.92 Å². The van der Waals surface area contributed by atoms with Crippen LogP contribution in [0.3, 0.4) is 0 Å².